The largest absolute Gasteiger partial charge is 0.399 e. The van der Waals surface area contributed by atoms with Gasteiger partial charge >= 0.3 is 0 Å². The van der Waals surface area contributed by atoms with Crippen molar-refractivity contribution in [2.75, 3.05) is 5.73 Å². The molecule has 3 heteroatoms. The van der Waals surface area contributed by atoms with Crippen molar-refractivity contribution in [1.29, 1.82) is 0 Å². The zero-order valence-corrected chi connectivity index (χ0v) is 9.90. The average Bonchev–Trinajstić information content (AvgIpc) is 2.37. The molecule has 0 heterocycles. The molecule has 2 nitrogen and oxygen atoms in total. The Morgan fingerprint density at radius 1 is 1.11 bits per heavy atom. The number of ketones is 1. The van der Waals surface area contributed by atoms with Crippen LogP contribution in [0.3, 0.4) is 0 Å². The Balaban J connectivity index is 2.03. The lowest BCUT2D eigenvalue weighted by atomic mass is 10.0. The van der Waals surface area contributed by atoms with Crippen molar-refractivity contribution in [3.8, 4) is 0 Å². The Bertz CT molecular complexity index is 566. The van der Waals surface area contributed by atoms with E-state index in [1.54, 1.807) is 18.2 Å². The fourth-order valence-electron chi connectivity index (χ4n) is 1.83. The molecule has 0 aliphatic carbocycles. The van der Waals surface area contributed by atoms with Crippen LogP contribution in [0.25, 0.3) is 0 Å². The van der Waals surface area contributed by atoms with Crippen molar-refractivity contribution in [1.82, 2.24) is 0 Å². The first kappa shape index (κ1) is 12.3. The summed E-state index contributed by atoms with van der Waals surface area (Å²) in [5.74, 6) is -0.648. The van der Waals surface area contributed by atoms with Gasteiger partial charge < -0.3 is 5.73 Å². The van der Waals surface area contributed by atoms with E-state index in [9.17, 15) is 9.18 Å². The molecule has 0 spiro atoms. The van der Waals surface area contributed by atoms with Crippen LogP contribution in [0.4, 0.5) is 10.1 Å². The van der Waals surface area contributed by atoms with Crippen LogP contribution in [0.5, 0.6) is 0 Å². The maximum Gasteiger partial charge on any atom is 0.166 e. The first-order valence-electron chi connectivity index (χ1n) is 5.79. The average molecular weight is 243 g/mol. The van der Waals surface area contributed by atoms with Gasteiger partial charge in [0.1, 0.15) is 5.82 Å². The number of carbonyl (C=O) groups is 1. The number of anilines is 1. The lowest BCUT2D eigenvalue weighted by Crippen LogP contribution is -2.04. The number of aryl methyl sites for hydroxylation is 1. The van der Waals surface area contributed by atoms with Gasteiger partial charge in [0.15, 0.2) is 5.78 Å². The third-order valence-corrected chi connectivity index (χ3v) is 2.77. The zero-order valence-electron chi connectivity index (χ0n) is 9.90. The Labute approximate surface area is 105 Å². The smallest absolute Gasteiger partial charge is 0.166 e. The van der Waals surface area contributed by atoms with Crippen LogP contribution in [0.2, 0.25) is 0 Å². The minimum atomic E-state index is -0.463. The SMILES string of the molecule is Nc1cccc(CCC(=O)c2ccccc2F)c1. The molecule has 0 amide bonds. The van der Waals surface area contributed by atoms with Crippen molar-refractivity contribution in [2.24, 2.45) is 0 Å². The van der Waals surface area contributed by atoms with Gasteiger partial charge in [-0.1, -0.05) is 24.3 Å². The lowest BCUT2D eigenvalue weighted by molar-refractivity contribution is 0.0979. The van der Waals surface area contributed by atoms with Crippen molar-refractivity contribution in [3.63, 3.8) is 0 Å². The highest BCUT2D eigenvalue weighted by Crippen LogP contribution is 2.13. The summed E-state index contributed by atoms with van der Waals surface area (Å²) in [4.78, 5) is 11.9. The van der Waals surface area contributed by atoms with Crippen molar-refractivity contribution in [3.05, 3.63) is 65.5 Å². The molecular weight excluding hydrogens is 229 g/mol. The minimum absolute atomic E-state index is 0.154. The van der Waals surface area contributed by atoms with E-state index in [4.69, 9.17) is 5.73 Å². The van der Waals surface area contributed by atoms with Crippen LogP contribution in [0.1, 0.15) is 22.3 Å². The van der Waals surface area contributed by atoms with Crippen LogP contribution in [0, 0.1) is 5.82 Å². The lowest BCUT2D eigenvalue weighted by Gasteiger charge is -2.03. The van der Waals surface area contributed by atoms with Crippen LogP contribution in [-0.2, 0) is 6.42 Å². The van der Waals surface area contributed by atoms with Crippen LogP contribution < -0.4 is 5.73 Å². The minimum Gasteiger partial charge on any atom is -0.399 e. The van der Waals surface area contributed by atoms with Crippen LogP contribution in [0.15, 0.2) is 48.5 Å². The van der Waals surface area contributed by atoms with E-state index in [-0.39, 0.29) is 17.8 Å². The van der Waals surface area contributed by atoms with Gasteiger partial charge in [-0.05, 0) is 36.2 Å². The van der Waals surface area contributed by atoms with Crippen LogP contribution in [-0.4, -0.2) is 5.78 Å². The first-order chi connectivity index (χ1) is 8.66. The summed E-state index contributed by atoms with van der Waals surface area (Å²) in [5.41, 5.74) is 7.47. The molecule has 0 fully saturated rings. The number of carbonyl (C=O) groups excluding carboxylic acids is 1. The maximum absolute atomic E-state index is 13.4. The summed E-state index contributed by atoms with van der Waals surface area (Å²) in [6.07, 6.45) is 0.850. The fourth-order valence-corrected chi connectivity index (χ4v) is 1.83. The molecule has 92 valence electrons. The zero-order chi connectivity index (χ0) is 13.0. The Kier molecular flexibility index (Phi) is 3.72. The van der Waals surface area contributed by atoms with E-state index < -0.39 is 5.82 Å². The van der Waals surface area contributed by atoms with E-state index in [2.05, 4.69) is 0 Å². The molecule has 0 aliphatic heterocycles. The summed E-state index contributed by atoms with van der Waals surface area (Å²) in [6, 6.07) is 13.4. The van der Waals surface area contributed by atoms with Gasteiger partial charge in [-0.25, -0.2) is 4.39 Å². The molecule has 0 bridgehead atoms. The van der Waals surface area contributed by atoms with Gasteiger partial charge in [0.2, 0.25) is 0 Å². The number of hydrogen-bond donors (Lipinski definition) is 1. The second kappa shape index (κ2) is 5.45. The number of nitrogen functional groups attached to an aromatic ring is 1. The molecule has 2 N–H and O–H groups in total. The van der Waals surface area contributed by atoms with Gasteiger partial charge in [0.05, 0.1) is 5.56 Å². The van der Waals surface area contributed by atoms with Crippen molar-refractivity contribution in [2.45, 2.75) is 12.8 Å². The quantitative estimate of drug-likeness (QED) is 0.661. The monoisotopic (exact) mass is 243 g/mol. The molecule has 0 unspecified atom stereocenters. The Morgan fingerprint density at radius 3 is 2.61 bits per heavy atom. The molecule has 0 aromatic heterocycles. The Morgan fingerprint density at radius 2 is 1.89 bits per heavy atom. The number of nitrogens with two attached hydrogens (primary N) is 1. The van der Waals surface area contributed by atoms with E-state index in [0.29, 0.717) is 12.1 Å². The summed E-state index contributed by atoms with van der Waals surface area (Å²) < 4.78 is 13.4. The van der Waals surface area contributed by atoms with Crippen molar-refractivity contribution >= 4 is 11.5 Å². The molecular formula is C15H14FNO. The maximum atomic E-state index is 13.4. The van der Waals surface area contributed by atoms with Gasteiger partial charge in [-0.15, -0.1) is 0 Å². The number of benzene rings is 2. The fraction of sp³-hybridized carbons (Fsp3) is 0.133. The molecule has 18 heavy (non-hydrogen) atoms. The summed E-state index contributed by atoms with van der Waals surface area (Å²) in [7, 11) is 0. The van der Waals surface area contributed by atoms with Gasteiger partial charge in [0.25, 0.3) is 0 Å². The number of Topliss-reactive ketones (excluding diaryl/α,β-unsaturated/α-hetero) is 1. The van der Waals surface area contributed by atoms with E-state index in [1.165, 1.54) is 12.1 Å². The highest BCUT2D eigenvalue weighted by atomic mass is 19.1. The highest BCUT2D eigenvalue weighted by Gasteiger charge is 2.10. The highest BCUT2D eigenvalue weighted by molar-refractivity contribution is 5.96. The third kappa shape index (κ3) is 2.94. The molecule has 0 saturated carbocycles. The van der Waals surface area contributed by atoms with Crippen molar-refractivity contribution < 1.29 is 9.18 Å². The van der Waals surface area contributed by atoms with Crippen LogP contribution >= 0.6 is 0 Å². The first-order valence-corrected chi connectivity index (χ1v) is 5.79. The normalized spacial score (nSPS) is 10.3. The molecule has 0 radical (unpaired) electrons. The van der Waals surface area contributed by atoms with Gasteiger partial charge in [0, 0.05) is 12.1 Å². The molecule has 2 aromatic rings. The number of rotatable bonds is 4. The number of hydrogen-bond acceptors (Lipinski definition) is 2. The molecule has 0 aliphatic rings. The summed E-state index contributed by atoms with van der Waals surface area (Å²) >= 11 is 0. The molecule has 2 rings (SSSR count). The predicted molar refractivity (Wildman–Crippen MR) is 69.9 cm³/mol. The second-order valence-electron chi connectivity index (χ2n) is 4.15. The topological polar surface area (TPSA) is 43.1 Å². The molecule has 2 aromatic carbocycles. The standard InChI is InChI=1S/C15H14FNO/c16-14-7-2-1-6-13(14)15(18)9-8-11-4-3-5-12(17)10-11/h1-7,10H,8-9,17H2. The van der Waals surface area contributed by atoms with Gasteiger partial charge in [-0.3, -0.25) is 4.79 Å². The van der Waals surface area contributed by atoms with E-state index >= 15 is 0 Å². The third-order valence-electron chi connectivity index (χ3n) is 2.77. The van der Waals surface area contributed by atoms with E-state index in [0.717, 1.165) is 5.56 Å². The number of halogens is 1. The summed E-state index contributed by atoms with van der Waals surface area (Å²) in [6.45, 7) is 0. The van der Waals surface area contributed by atoms with E-state index in [1.807, 2.05) is 18.2 Å². The summed E-state index contributed by atoms with van der Waals surface area (Å²) in [5, 5.41) is 0. The second-order valence-corrected chi connectivity index (χ2v) is 4.15. The molecule has 0 atom stereocenters. The Hall–Kier alpha value is -2.16. The molecule has 0 saturated heterocycles. The van der Waals surface area contributed by atoms with Gasteiger partial charge in [-0.2, -0.15) is 0 Å². The predicted octanol–water partition coefficient (Wildman–Crippen LogP) is 3.22.